The van der Waals surface area contributed by atoms with Crippen LogP contribution >= 0.6 is 0 Å². The van der Waals surface area contributed by atoms with E-state index < -0.39 is 38.1 Å². The van der Waals surface area contributed by atoms with E-state index in [4.69, 9.17) is 9.47 Å². The third-order valence-corrected chi connectivity index (χ3v) is 5.11. The van der Waals surface area contributed by atoms with Crippen molar-refractivity contribution >= 4 is 15.7 Å². The largest absolute Gasteiger partial charge is 0.493 e. The minimum atomic E-state index is -4.50. The van der Waals surface area contributed by atoms with Crippen molar-refractivity contribution in [2.45, 2.75) is 4.90 Å². The van der Waals surface area contributed by atoms with Crippen LogP contribution in [0.3, 0.4) is 0 Å². The lowest BCUT2D eigenvalue weighted by atomic mass is 10.3. The standard InChI is InChI=1S/C15H14F3NO4S/c1-19(12-6-9(16)4-5-10(12)17)24(20,21)15-8-14(23-3)13(22-2)7-11(15)18/h4-8H,1-3H3. The molecule has 24 heavy (non-hydrogen) atoms. The Morgan fingerprint density at radius 2 is 1.50 bits per heavy atom. The minimum Gasteiger partial charge on any atom is -0.493 e. The van der Waals surface area contributed by atoms with Gasteiger partial charge in [0.1, 0.15) is 22.3 Å². The number of sulfonamides is 1. The summed E-state index contributed by atoms with van der Waals surface area (Å²) >= 11 is 0. The predicted molar refractivity (Wildman–Crippen MR) is 81.5 cm³/mol. The van der Waals surface area contributed by atoms with Crippen molar-refractivity contribution in [2.24, 2.45) is 0 Å². The number of nitrogens with zero attached hydrogens (tertiary/aromatic N) is 1. The van der Waals surface area contributed by atoms with E-state index in [2.05, 4.69) is 0 Å². The second kappa shape index (κ2) is 6.60. The van der Waals surface area contributed by atoms with Gasteiger partial charge in [-0.1, -0.05) is 0 Å². The van der Waals surface area contributed by atoms with Crippen molar-refractivity contribution in [2.75, 3.05) is 25.6 Å². The van der Waals surface area contributed by atoms with Crippen molar-refractivity contribution in [3.8, 4) is 11.5 Å². The molecule has 0 saturated heterocycles. The van der Waals surface area contributed by atoms with Gasteiger partial charge < -0.3 is 9.47 Å². The summed E-state index contributed by atoms with van der Waals surface area (Å²) in [6, 6.07) is 4.07. The summed E-state index contributed by atoms with van der Waals surface area (Å²) in [5.74, 6) is -2.94. The Kier molecular flexibility index (Phi) is 4.93. The van der Waals surface area contributed by atoms with Crippen molar-refractivity contribution in [1.82, 2.24) is 0 Å². The van der Waals surface area contributed by atoms with Crippen molar-refractivity contribution in [3.63, 3.8) is 0 Å². The minimum absolute atomic E-state index is 0.00598. The normalized spacial score (nSPS) is 11.2. The van der Waals surface area contributed by atoms with Gasteiger partial charge in [-0.05, 0) is 12.1 Å². The molecule has 2 aromatic rings. The molecule has 0 fully saturated rings. The van der Waals surface area contributed by atoms with Crippen LogP contribution in [0.1, 0.15) is 0 Å². The van der Waals surface area contributed by atoms with Crippen LogP contribution in [0.4, 0.5) is 18.9 Å². The van der Waals surface area contributed by atoms with Gasteiger partial charge in [0.25, 0.3) is 10.0 Å². The Bertz CT molecular complexity index is 871. The number of hydrogen-bond acceptors (Lipinski definition) is 4. The number of benzene rings is 2. The Morgan fingerprint density at radius 1 is 0.917 bits per heavy atom. The van der Waals surface area contributed by atoms with Crippen LogP contribution in [0, 0.1) is 17.5 Å². The van der Waals surface area contributed by atoms with Gasteiger partial charge in [0, 0.05) is 25.2 Å². The average molecular weight is 361 g/mol. The SMILES string of the molecule is COc1cc(F)c(S(=O)(=O)N(C)c2cc(F)ccc2F)cc1OC. The highest BCUT2D eigenvalue weighted by Crippen LogP contribution is 2.34. The van der Waals surface area contributed by atoms with Crippen LogP contribution in [0.2, 0.25) is 0 Å². The van der Waals surface area contributed by atoms with E-state index in [1.54, 1.807) is 0 Å². The summed E-state index contributed by atoms with van der Waals surface area (Å²) in [7, 11) is -0.998. The van der Waals surface area contributed by atoms with E-state index in [1.165, 1.54) is 14.2 Å². The molecular formula is C15H14F3NO4S. The van der Waals surface area contributed by atoms with E-state index in [1.807, 2.05) is 0 Å². The first-order valence-corrected chi connectivity index (χ1v) is 8.02. The molecule has 0 heterocycles. The fourth-order valence-electron chi connectivity index (χ4n) is 2.04. The average Bonchev–Trinajstić information content (AvgIpc) is 2.55. The Morgan fingerprint density at radius 3 is 2.08 bits per heavy atom. The quantitative estimate of drug-likeness (QED) is 0.822. The van der Waals surface area contributed by atoms with Crippen molar-refractivity contribution < 1.29 is 31.1 Å². The van der Waals surface area contributed by atoms with Gasteiger partial charge in [-0.15, -0.1) is 0 Å². The molecule has 0 aliphatic rings. The zero-order chi connectivity index (χ0) is 18.1. The lowest BCUT2D eigenvalue weighted by Crippen LogP contribution is -2.28. The fourth-order valence-corrected chi connectivity index (χ4v) is 3.29. The molecule has 0 aliphatic heterocycles. The van der Waals surface area contributed by atoms with Crippen LogP contribution < -0.4 is 13.8 Å². The third kappa shape index (κ3) is 3.12. The van der Waals surface area contributed by atoms with E-state index in [-0.39, 0.29) is 11.5 Å². The Balaban J connectivity index is 2.60. The second-order valence-corrected chi connectivity index (χ2v) is 6.64. The molecule has 0 spiro atoms. The topological polar surface area (TPSA) is 55.8 Å². The molecule has 0 saturated carbocycles. The Labute approximate surface area is 137 Å². The fraction of sp³-hybridized carbons (Fsp3) is 0.200. The number of ether oxygens (including phenoxy) is 2. The summed E-state index contributed by atoms with van der Waals surface area (Å²) < 4.78 is 76.8. The summed E-state index contributed by atoms with van der Waals surface area (Å²) in [6.07, 6.45) is 0. The first-order valence-electron chi connectivity index (χ1n) is 6.58. The molecule has 2 rings (SSSR count). The van der Waals surface area contributed by atoms with Gasteiger partial charge in [0.15, 0.2) is 11.5 Å². The second-order valence-electron chi connectivity index (χ2n) is 4.71. The molecule has 0 unspecified atom stereocenters. The van der Waals surface area contributed by atoms with Gasteiger partial charge in [-0.2, -0.15) is 0 Å². The van der Waals surface area contributed by atoms with E-state index in [0.29, 0.717) is 10.4 Å². The highest BCUT2D eigenvalue weighted by atomic mass is 32.2. The first-order chi connectivity index (χ1) is 11.2. The molecule has 9 heteroatoms. The summed E-state index contributed by atoms with van der Waals surface area (Å²) in [5, 5.41) is 0. The molecule has 0 N–H and O–H groups in total. The molecule has 0 amide bonds. The van der Waals surface area contributed by atoms with Gasteiger partial charge in [-0.25, -0.2) is 21.6 Å². The number of anilines is 1. The Hall–Kier alpha value is -2.42. The highest BCUT2D eigenvalue weighted by Gasteiger charge is 2.29. The molecule has 2 aromatic carbocycles. The highest BCUT2D eigenvalue weighted by molar-refractivity contribution is 7.92. The maximum Gasteiger partial charge on any atom is 0.267 e. The molecule has 5 nitrogen and oxygen atoms in total. The number of rotatable bonds is 5. The molecular weight excluding hydrogens is 347 g/mol. The van der Waals surface area contributed by atoms with Crippen LogP contribution in [-0.4, -0.2) is 29.7 Å². The van der Waals surface area contributed by atoms with Crippen molar-refractivity contribution in [1.29, 1.82) is 0 Å². The van der Waals surface area contributed by atoms with E-state index in [0.717, 1.165) is 31.3 Å². The van der Waals surface area contributed by atoms with Crippen LogP contribution in [0.5, 0.6) is 11.5 Å². The van der Waals surface area contributed by atoms with Gasteiger partial charge in [0.05, 0.1) is 19.9 Å². The third-order valence-electron chi connectivity index (χ3n) is 3.32. The molecule has 130 valence electrons. The molecule has 0 aromatic heterocycles. The molecule has 0 bridgehead atoms. The maximum atomic E-state index is 14.2. The number of methoxy groups -OCH3 is 2. The maximum absolute atomic E-state index is 14.2. The summed E-state index contributed by atoms with van der Waals surface area (Å²) in [6.45, 7) is 0. The zero-order valence-corrected chi connectivity index (χ0v) is 13.8. The van der Waals surface area contributed by atoms with Gasteiger partial charge >= 0.3 is 0 Å². The monoisotopic (exact) mass is 361 g/mol. The van der Waals surface area contributed by atoms with Gasteiger partial charge in [0.2, 0.25) is 0 Å². The van der Waals surface area contributed by atoms with Crippen LogP contribution in [0.15, 0.2) is 35.2 Å². The lowest BCUT2D eigenvalue weighted by molar-refractivity contribution is 0.350. The van der Waals surface area contributed by atoms with Gasteiger partial charge in [-0.3, -0.25) is 4.31 Å². The van der Waals surface area contributed by atoms with E-state index in [9.17, 15) is 21.6 Å². The van der Waals surface area contributed by atoms with E-state index >= 15 is 0 Å². The predicted octanol–water partition coefficient (Wildman–Crippen LogP) is 2.95. The molecule has 0 aliphatic carbocycles. The molecule has 0 radical (unpaired) electrons. The molecule has 0 atom stereocenters. The van der Waals surface area contributed by atoms with Crippen LogP contribution in [-0.2, 0) is 10.0 Å². The first kappa shape index (κ1) is 17.9. The number of halogens is 3. The summed E-state index contributed by atoms with van der Waals surface area (Å²) in [5.41, 5.74) is -0.552. The lowest BCUT2D eigenvalue weighted by Gasteiger charge is -2.21. The van der Waals surface area contributed by atoms with Crippen molar-refractivity contribution in [3.05, 3.63) is 47.8 Å². The smallest absolute Gasteiger partial charge is 0.267 e. The summed E-state index contributed by atoms with van der Waals surface area (Å²) in [4.78, 5) is -0.758. The zero-order valence-electron chi connectivity index (χ0n) is 13.0. The number of hydrogen-bond donors (Lipinski definition) is 0. The van der Waals surface area contributed by atoms with Crippen LogP contribution in [0.25, 0.3) is 0 Å².